The molecule has 1 saturated heterocycles. The van der Waals surface area contributed by atoms with Gasteiger partial charge in [0.25, 0.3) is 0 Å². The summed E-state index contributed by atoms with van der Waals surface area (Å²) >= 11 is 0. The lowest BCUT2D eigenvalue weighted by atomic mass is 9.93. The Morgan fingerprint density at radius 3 is 2.71 bits per heavy atom. The number of nitrogens with zero attached hydrogens (tertiary/aromatic N) is 1. The fourth-order valence-electron chi connectivity index (χ4n) is 2.13. The van der Waals surface area contributed by atoms with Crippen molar-refractivity contribution in [2.24, 2.45) is 5.92 Å². The highest BCUT2D eigenvalue weighted by Gasteiger charge is 2.40. The Labute approximate surface area is 102 Å². The van der Waals surface area contributed by atoms with Crippen LogP contribution in [0.2, 0.25) is 0 Å². The van der Waals surface area contributed by atoms with Crippen LogP contribution in [0.5, 0.6) is 0 Å². The molecule has 6 nitrogen and oxygen atoms in total. The molecule has 0 bridgehead atoms. The molecule has 2 unspecified atom stereocenters. The first-order valence-electron chi connectivity index (χ1n) is 5.61. The number of hydrogen-bond donors (Lipinski definition) is 1. The van der Waals surface area contributed by atoms with E-state index in [1.807, 2.05) is 0 Å². The van der Waals surface area contributed by atoms with E-state index in [0.29, 0.717) is 6.42 Å². The van der Waals surface area contributed by atoms with Gasteiger partial charge < -0.3 is 9.84 Å². The average Bonchev–Trinajstić information content (AvgIpc) is 2.25. The van der Waals surface area contributed by atoms with Gasteiger partial charge in [0.05, 0.1) is 12.4 Å². The molecule has 0 amide bonds. The molecule has 0 aromatic heterocycles. The van der Waals surface area contributed by atoms with E-state index < -0.39 is 22.0 Å². The lowest BCUT2D eigenvalue weighted by Gasteiger charge is -2.36. The first-order valence-corrected chi connectivity index (χ1v) is 7.22. The van der Waals surface area contributed by atoms with E-state index in [-0.39, 0.29) is 24.8 Å². The Hall–Kier alpha value is -0.660. The third kappa shape index (κ3) is 3.40. The molecule has 17 heavy (non-hydrogen) atoms. The predicted molar refractivity (Wildman–Crippen MR) is 62.2 cm³/mol. The zero-order valence-corrected chi connectivity index (χ0v) is 10.9. The van der Waals surface area contributed by atoms with Crippen LogP contribution >= 0.6 is 0 Å². The van der Waals surface area contributed by atoms with Gasteiger partial charge in [-0.25, -0.2) is 8.42 Å². The summed E-state index contributed by atoms with van der Waals surface area (Å²) in [4.78, 5) is 11.2. The zero-order valence-electron chi connectivity index (χ0n) is 10.1. The smallest absolute Gasteiger partial charge is 0.322 e. The molecule has 1 heterocycles. The van der Waals surface area contributed by atoms with E-state index in [2.05, 4.69) is 0 Å². The first kappa shape index (κ1) is 14.4. The second-order valence-corrected chi connectivity index (χ2v) is 6.36. The Morgan fingerprint density at radius 2 is 2.18 bits per heavy atom. The summed E-state index contributed by atoms with van der Waals surface area (Å²) in [6, 6.07) is -0.939. The molecule has 1 aliphatic rings. The van der Waals surface area contributed by atoms with Crippen LogP contribution in [0.25, 0.3) is 0 Å². The van der Waals surface area contributed by atoms with Crippen LogP contribution in [0.3, 0.4) is 0 Å². The van der Waals surface area contributed by atoms with Gasteiger partial charge in [-0.15, -0.1) is 0 Å². The first-order chi connectivity index (χ1) is 7.90. The summed E-state index contributed by atoms with van der Waals surface area (Å²) < 4.78 is 29.8. The highest BCUT2D eigenvalue weighted by molar-refractivity contribution is 7.89. The van der Waals surface area contributed by atoms with Gasteiger partial charge >= 0.3 is 5.97 Å². The summed E-state index contributed by atoms with van der Waals surface area (Å²) in [5.74, 6) is -1.39. The molecule has 0 saturated carbocycles. The van der Waals surface area contributed by atoms with Crippen molar-refractivity contribution in [1.29, 1.82) is 0 Å². The molecule has 0 aliphatic carbocycles. The number of carbonyl (C=O) groups is 1. The Balaban J connectivity index is 2.89. The largest absolute Gasteiger partial charge is 0.480 e. The number of ether oxygens (including phenoxy) is 1. The molecule has 0 aromatic carbocycles. The van der Waals surface area contributed by atoms with Crippen LogP contribution in [0, 0.1) is 5.92 Å². The van der Waals surface area contributed by atoms with Crippen molar-refractivity contribution in [3.8, 4) is 0 Å². The Kier molecular flexibility index (Phi) is 4.91. The average molecular weight is 265 g/mol. The number of carboxylic acids is 1. The molecule has 0 spiro atoms. The van der Waals surface area contributed by atoms with Crippen molar-refractivity contribution < 1.29 is 23.1 Å². The molecule has 1 fully saturated rings. The van der Waals surface area contributed by atoms with Gasteiger partial charge in [-0.2, -0.15) is 4.31 Å². The fraction of sp³-hybridized carbons (Fsp3) is 0.900. The SMILES string of the molecule is COCCS(=O)(=O)N1CCCC(C)C1C(=O)O. The van der Waals surface area contributed by atoms with Crippen LogP contribution in [0.4, 0.5) is 0 Å². The maximum Gasteiger partial charge on any atom is 0.322 e. The summed E-state index contributed by atoms with van der Waals surface area (Å²) in [6.07, 6.45) is 1.45. The Bertz CT molecular complexity index is 367. The van der Waals surface area contributed by atoms with E-state index in [9.17, 15) is 13.2 Å². The standard InChI is InChI=1S/C10H19NO5S/c1-8-4-3-5-11(9(8)10(12)13)17(14,15)7-6-16-2/h8-9H,3-7H2,1-2H3,(H,12,13). The molecule has 7 heteroatoms. The number of methoxy groups -OCH3 is 1. The summed E-state index contributed by atoms with van der Waals surface area (Å²) in [6.45, 7) is 2.14. The number of sulfonamides is 1. The second-order valence-electron chi connectivity index (χ2n) is 4.32. The normalized spacial score (nSPS) is 26.9. The van der Waals surface area contributed by atoms with Gasteiger partial charge in [-0.3, -0.25) is 4.79 Å². The van der Waals surface area contributed by atoms with Gasteiger partial charge in [-0.05, 0) is 18.8 Å². The lowest BCUT2D eigenvalue weighted by Crippen LogP contribution is -2.52. The minimum Gasteiger partial charge on any atom is -0.480 e. The quantitative estimate of drug-likeness (QED) is 0.765. The van der Waals surface area contributed by atoms with E-state index in [4.69, 9.17) is 9.84 Å². The number of carboxylic acid groups (broad SMARTS) is 1. The van der Waals surface area contributed by atoms with Crippen molar-refractivity contribution in [2.45, 2.75) is 25.8 Å². The van der Waals surface area contributed by atoms with Crippen molar-refractivity contribution in [2.75, 3.05) is 26.0 Å². The van der Waals surface area contributed by atoms with Crippen LogP contribution in [-0.2, 0) is 19.6 Å². The minimum absolute atomic E-state index is 0.0829. The number of hydrogen-bond acceptors (Lipinski definition) is 4. The molecular weight excluding hydrogens is 246 g/mol. The van der Waals surface area contributed by atoms with Crippen LogP contribution < -0.4 is 0 Å². The van der Waals surface area contributed by atoms with Crippen LogP contribution in [0.1, 0.15) is 19.8 Å². The van der Waals surface area contributed by atoms with Crippen molar-refractivity contribution >= 4 is 16.0 Å². The molecule has 0 aromatic rings. The highest BCUT2D eigenvalue weighted by atomic mass is 32.2. The van der Waals surface area contributed by atoms with Crippen molar-refractivity contribution in [3.05, 3.63) is 0 Å². The van der Waals surface area contributed by atoms with Gasteiger partial charge in [0, 0.05) is 13.7 Å². The van der Waals surface area contributed by atoms with Crippen LogP contribution in [0.15, 0.2) is 0 Å². The lowest BCUT2D eigenvalue weighted by molar-refractivity contribution is -0.144. The molecule has 2 atom stereocenters. The van der Waals surface area contributed by atoms with E-state index in [1.165, 1.54) is 7.11 Å². The Morgan fingerprint density at radius 1 is 1.53 bits per heavy atom. The molecule has 100 valence electrons. The molecule has 1 N–H and O–H groups in total. The number of rotatable bonds is 5. The van der Waals surface area contributed by atoms with Crippen molar-refractivity contribution in [3.63, 3.8) is 0 Å². The molecule has 0 radical (unpaired) electrons. The highest BCUT2D eigenvalue weighted by Crippen LogP contribution is 2.26. The predicted octanol–water partition coefficient (Wildman–Crippen LogP) is 0.148. The summed E-state index contributed by atoms with van der Waals surface area (Å²) in [5.41, 5.74) is 0. The minimum atomic E-state index is -3.55. The van der Waals surface area contributed by atoms with Gasteiger partial charge in [0.15, 0.2) is 0 Å². The number of piperidine rings is 1. The van der Waals surface area contributed by atoms with E-state index >= 15 is 0 Å². The third-order valence-electron chi connectivity index (χ3n) is 3.04. The third-order valence-corrected chi connectivity index (χ3v) is 4.85. The molecular formula is C10H19NO5S. The summed E-state index contributed by atoms with van der Waals surface area (Å²) in [5, 5.41) is 9.13. The fourth-order valence-corrected chi connectivity index (χ4v) is 3.80. The summed E-state index contributed by atoms with van der Waals surface area (Å²) in [7, 11) is -2.13. The van der Waals surface area contributed by atoms with Gasteiger partial charge in [-0.1, -0.05) is 6.92 Å². The van der Waals surface area contributed by atoms with E-state index in [1.54, 1.807) is 6.92 Å². The molecule has 1 aliphatic heterocycles. The monoisotopic (exact) mass is 265 g/mol. The van der Waals surface area contributed by atoms with E-state index in [0.717, 1.165) is 10.7 Å². The maximum atomic E-state index is 12.0. The van der Waals surface area contributed by atoms with Gasteiger partial charge in [0.2, 0.25) is 10.0 Å². The van der Waals surface area contributed by atoms with Crippen LogP contribution in [-0.4, -0.2) is 55.9 Å². The molecule has 1 rings (SSSR count). The van der Waals surface area contributed by atoms with Crippen molar-refractivity contribution in [1.82, 2.24) is 4.31 Å². The number of aliphatic carboxylic acids is 1. The zero-order chi connectivity index (χ0) is 13.1. The second kappa shape index (κ2) is 5.79. The maximum absolute atomic E-state index is 12.0. The van der Waals surface area contributed by atoms with Gasteiger partial charge in [0.1, 0.15) is 6.04 Å². The topological polar surface area (TPSA) is 83.9 Å².